The molecule has 3 nitrogen and oxygen atoms in total. The second kappa shape index (κ2) is 6.38. The second-order valence-corrected chi connectivity index (χ2v) is 4.12. The fourth-order valence-corrected chi connectivity index (χ4v) is 1.64. The Morgan fingerprint density at radius 3 is 2.50 bits per heavy atom. The van der Waals surface area contributed by atoms with Crippen molar-refractivity contribution in [3.05, 3.63) is 30.1 Å². The highest BCUT2D eigenvalue weighted by Crippen LogP contribution is 2.11. The van der Waals surface area contributed by atoms with Crippen molar-refractivity contribution in [2.45, 2.75) is 33.3 Å². The lowest BCUT2D eigenvalue weighted by Gasteiger charge is -2.19. The van der Waals surface area contributed by atoms with Crippen LogP contribution in [0.25, 0.3) is 0 Å². The molecule has 1 rings (SSSR count). The van der Waals surface area contributed by atoms with Gasteiger partial charge in [0.1, 0.15) is 6.10 Å². The van der Waals surface area contributed by atoms with E-state index in [1.165, 1.54) is 0 Å². The third-order valence-electron chi connectivity index (χ3n) is 2.40. The molecule has 0 saturated heterocycles. The first-order valence-electron chi connectivity index (χ1n) is 5.68. The zero-order chi connectivity index (χ0) is 12.0. The van der Waals surface area contributed by atoms with Gasteiger partial charge in [-0.3, -0.25) is 9.78 Å². The minimum atomic E-state index is -0.293. The summed E-state index contributed by atoms with van der Waals surface area (Å²) in [6.07, 6.45) is 3.53. The average molecular weight is 221 g/mol. The summed E-state index contributed by atoms with van der Waals surface area (Å²) in [4.78, 5) is 15.9. The average Bonchev–Trinajstić information content (AvgIpc) is 2.26. The van der Waals surface area contributed by atoms with E-state index in [0.29, 0.717) is 13.0 Å². The molecule has 0 N–H and O–H groups in total. The first-order valence-corrected chi connectivity index (χ1v) is 5.68. The van der Waals surface area contributed by atoms with Crippen molar-refractivity contribution in [1.29, 1.82) is 0 Å². The van der Waals surface area contributed by atoms with Gasteiger partial charge < -0.3 is 4.74 Å². The Hall–Kier alpha value is -1.22. The lowest BCUT2D eigenvalue weighted by molar-refractivity contribution is -0.132. The molecule has 3 heteroatoms. The highest BCUT2D eigenvalue weighted by molar-refractivity contribution is 5.85. The molecule has 0 saturated carbocycles. The first-order chi connectivity index (χ1) is 7.65. The van der Waals surface area contributed by atoms with Crippen LogP contribution < -0.4 is 0 Å². The van der Waals surface area contributed by atoms with E-state index in [9.17, 15) is 4.79 Å². The molecule has 1 aromatic rings. The summed E-state index contributed by atoms with van der Waals surface area (Å²) in [7, 11) is 0. The maximum atomic E-state index is 12.0. The van der Waals surface area contributed by atoms with Crippen molar-refractivity contribution in [2.24, 2.45) is 5.92 Å². The largest absolute Gasteiger partial charge is 0.370 e. The summed E-state index contributed by atoms with van der Waals surface area (Å²) in [5, 5.41) is 0. The molecule has 0 aliphatic rings. The number of aromatic nitrogens is 1. The van der Waals surface area contributed by atoms with Crippen LogP contribution in [-0.2, 0) is 16.0 Å². The molecule has 0 fully saturated rings. The molecule has 0 aliphatic carbocycles. The Balaban J connectivity index is 2.62. The number of ketones is 1. The van der Waals surface area contributed by atoms with Gasteiger partial charge in [0.2, 0.25) is 0 Å². The quantitative estimate of drug-likeness (QED) is 0.739. The highest BCUT2D eigenvalue weighted by atomic mass is 16.5. The predicted octanol–water partition coefficient (Wildman–Crippen LogP) is 2.25. The van der Waals surface area contributed by atoms with Crippen LogP contribution >= 0.6 is 0 Å². The molecule has 0 amide bonds. The zero-order valence-electron chi connectivity index (χ0n) is 10.1. The number of nitrogens with zero attached hydrogens (tertiary/aromatic N) is 1. The van der Waals surface area contributed by atoms with Crippen LogP contribution in [0.3, 0.4) is 0 Å². The smallest absolute Gasteiger partial charge is 0.166 e. The van der Waals surface area contributed by atoms with E-state index in [2.05, 4.69) is 4.98 Å². The van der Waals surface area contributed by atoms with E-state index >= 15 is 0 Å². The molecular weight excluding hydrogens is 202 g/mol. The van der Waals surface area contributed by atoms with Crippen LogP contribution in [0.2, 0.25) is 0 Å². The first kappa shape index (κ1) is 12.8. The Morgan fingerprint density at radius 2 is 2.00 bits per heavy atom. The van der Waals surface area contributed by atoms with Gasteiger partial charge >= 0.3 is 0 Å². The third kappa shape index (κ3) is 3.74. The number of carbonyl (C=O) groups is 1. The summed E-state index contributed by atoms with van der Waals surface area (Å²) in [6, 6.07) is 3.72. The van der Waals surface area contributed by atoms with Crippen LogP contribution in [0.5, 0.6) is 0 Å². The summed E-state index contributed by atoms with van der Waals surface area (Å²) in [5.41, 5.74) is 0.991. The van der Waals surface area contributed by atoms with Crippen LogP contribution in [-0.4, -0.2) is 23.5 Å². The van der Waals surface area contributed by atoms with Crippen molar-refractivity contribution >= 4 is 5.78 Å². The van der Waals surface area contributed by atoms with Crippen LogP contribution in [0.1, 0.15) is 26.3 Å². The van der Waals surface area contributed by atoms with Gasteiger partial charge in [-0.2, -0.15) is 0 Å². The zero-order valence-corrected chi connectivity index (χ0v) is 10.1. The molecular formula is C13H19NO2. The maximum absolute atomic E-state index is 12.0. The monoisotopic (exact) mass is 221 g/mol. The van der Waals surface area contributed by atoms with E-state index < -0.39 is 0 Å². The summed E-state index contributed by atoms with van der Waals surface area (Å²) in [6.45, 7) is 6.50. The van der Waals surface area contributed by atoms with Gasteiger partial charge in [0.15, 0.2) is 5.78 Å². The van der Waals surface area contributed by atoms with Gasteiger partial charge in [-0.1, -0.05) is 13.8 Å². The van der Waals surface area contributed by atoms with Gasteiger partial charge in [0.25, 0.3) is 0 Å². The van der Waals surface area contributed by atoms with Crippen LogP contribution in [0.4, 0.5) is 0 Å². The summed E-state index contributed by atoms with van der Waals surface area (Å²) >= 11 is 0. The second-order valence-electron chi connectivity index (χ2n) is 4.12. The Labute approximate surface area is 96.8 Å². The molecule has 0 spiro atoms. The van der Waals surface area contributed by atoms with Gasteiger partial charge in [-0.15, -0.1) is 0 Å². The Bertz CT molecular complexity index is 322. The number of hydrogen-bond donors (Lipinski definition) is 0. The molecule has 0 aliphatic heterocycles. The third-order valence-corrected chi connectivity index (χ3v) is 2.40. The van der Waals surface area contributed by atoms with E-state index in [-0.39, 0.29) is 17.8 Å². The Kier molecular flexibility index (Phi) is 5.12. The number of rotatable bonds is 6. The van der Waals surface area contributed by atoms with E-state index in [1.807, 2.05) is 32.9 Å². The number of hydrogen-bond acceptors (Lipinski definition) is 3. The number of ether oxygens (including phenoxy) is 1. The lowest BCUT2D eigenvalue weighted by atomic mass is 9.98. The summed E-state index contributed by atoms with van der Waals surface area (Å²) in [5.74, 6) is 0.359. The van der Waals surface area contributed by atoms with Crippen molar-refractivity contribution in [2.75, 3.05) is 6.61 Å². The molecule has 0 bridgehead atoms. The molecule has 0 radical (unpaired) electrons. The minimum absolute atomic E-state index is 0.142. The molecule has 0 aromatic carbocycles. The van der Waals surface area contributed by atoms with Crippen LogP contribution in [0.15, 0.2) is 24.5 Å². The topological polar surface area (TPSA) is 39.2 Å². The summed E-state index contributed by atoms with van der Waals surface area (Å²) < 4.78 is 5.47. The standard InChI is InChI=1S/C13H19NO2/c1-4-16-13(10(2)3)12(15)9-11-5-7-14-8-6-11/h5-8,10,13H,4,9H2,1-3H3. The lowest BCUT2D eigenvalue weighted by Crippen LogP contribution is -2.31. The normalized spacial score (nSPS) is 12.8. The molecule has 16 heavy (non-hydrogen) atoms. The fourth-order valence-electron chi connectivity index (χ4n) is 1.64. The van der Waals surface area contributed by atoms with E-state index in [4.69, 9.17) is 4.74 Å². The van der Waals surface area contributed by atoms with Crippen molar-refractivity contribution in [3.8, 4) is 0 Å². The molecule has 1 aromatic heterocycles. The van der Waals surface area contributed by atoms with E-state index in [1.54, 1.807) is 12.4 Å². The van der Waals surface area contributed by atoms with E-state index in [0.717, 1.165) is 5.56 Å². The molecule has 88 valence electrons. The van der Waals surface area contributed by atoms with Crippen molar-refractivity contribution in [3.63, 3.8) is 0 Å². The van der Waals surface area contributed by atoms with Crippen molar-refractivity contribution in [1.82, 2.24) is 4.98 Å². The molecule has 1 unspecified atom stereocenters. The van der Waals surface area contributed by atoms with Gasteiger partial charge in [0.05, 0.1) is 0 Å². The van der Waals surface area contributed by atoms with Crippen molar-refractivity contribution < 1.29 is 9.53 Å². The fraction of sp³-hybridized carbons (Fsp3) is 0.538. The number of pyridine rings is 1. The van der Waals surface area contributed by atoms with Crippen LogP contribution in [0, 0.1) is 5.92 Å². The highest BCUT2D eigenvalue weighted by Gasteiger charge is 2.22. The van der Waals surface area contributed by atoms with Gasteiger partial charge in [-0.05, 0) is 30.5 Å². The van der Waals surface area contributed by atoms with Gasteiger partial charge in [0, 0.05) is 25.4 Å². The SMILES string of the molecule is CCOC(C(=O)Cc1ccncc1)C(C)C. The maximum Gasteiger partial charge on any atom is 0.166 e. The minimum Gasteiger partial charge on any atom is -0.370 e. The van der Waals surface area contributed by atoms with Gasteiger partial charge in [-0.25, -0.2) is 0 Å². The Morgan fingerprint density at radius 1 is 1.38 bits per heavy atom. The predicted molar refractivity (Wildman–Crippen MR) is 63.2 cm³/mol. The molecule has 1 heterocycles. The molecule has 1 atom stereocenters. The number of carbonyl (C=O) groups excluding carboxylic acids is 1. The number of Topliss-reactive ketones (excluding diaryl/α,β-unsaturated/α-hetero) is 1.